The van der Waals surface area contributed by atoms with Crippen LogP contribution in [0, 0.1) is 0 Å². The van der Waals surface area contributed by atoms with Crippen molar-refractivity contribution in [2.45, 2.75) is 57.5 Å². The van der Waals surface area contributed by atoms with Gasteiger partial charge in [0.25, 0.3) is 0 Å². The maximum Gasteiger partial charge on any atom is 0.407 e. The van der Waals surface area contributed by atoms with E-state index in [0.717, 1.165) is 28.7 Å². The van der Waals surface area contributed by atoms with Gasteiger partial charge in [-0.05, 0) is 35.1 Å². The van der Waals surface area contributed by atoms with Crippen molar-refractivity contribution >= 4 is 18.0 Å². The standard InChI is InChI=1S/C25H30N2O5/c1-3-5-14-22(23(28)26-21(4-2)24(29)30)27-25(31)32-15-20-18-12-8-6-10-16(18)17-11-7-9-13-19(17)20/h6-13,20-22H,3-5,14-15H2,1-2H3,(H,26,28)(H,27,31)(H,29,30)/t21?,22-/m0/s1. The Labute approximate surface area is 188 Å². The number of carbonyl (C=O) groups is 3. The number of carboxylic acid groups (broad SMARTS) is 1. The Morgan fingerprint density at radius 2 is 1.53 bits per heavy atom. The molecule has 0 saturated heterocycles. The zero-order valence-electron chi connectivity index (χ0n) is 18.5. The van der Waals surface area contributed by atoms with E-state index in [1.54, 1.807) is 6.92 Å². The number of nitrogens with one attached hydrogen (secondary N) is 2. The molecule has 1 aliphatic rings. The third kappa shape index (κ3) is 5.28. The van der Waals surface area contributed by atoms with E-state index in [-0.39, 0.29) is 18.9 Å². The number of alkyl carbamates (subject to hydrolysis) is 1. The van der Waals surface area contributed by atoms with Crippen molar-refractivity contribution in [3.05, 3.63) is 59.7 Å². The summed E-state index contributed by atoms with van der Waals surface area (Å²) in [5.74, 6) is -1.69. The summed E-state index contributed by atoms with van der Waals surface area (Å²) in [6, 6.07) is 14.3. The lowest BCUT2D eigenvalue weighted by Gasteiger charge is -2.21. The molecular weight excluding hydrogens is 408 g/mol. The number of hydrogen-bond acceptors (Lipinski definition) is 4. The van der Waals surface area contributed by atoms with Crippen molar-refractivity contribution in [2.24, 2.45) is 0 Å². The van der Waals surface area contributed by atoms with Gasteiger partial charge in [0.05, 0.1) is 0 Å². The fourth-order valence-electron chi connectivity index (χ4n) is 4.07. The zero-order chi connectivity index (χ0) is 23.1. The van der Waals surface area contributed by atoms with E-state index in [4.69, 9.17) is 4.74 Å². The van der Waals surface area contributed by atoms with E-state index in [1.807, 2.05) is 43.3 Å². The number of aliphatic carboxylic acids is 1. The highest BCUT2D eigenvalue weighted by Gasteiger charge is 2.30. The molecule has 0 spiro atoms. The first-order chi connectivity index (χ1) is 15.5. The number of rotatable bonds is 10. The fraction of sp³-hybridized carbons (Fsp3) is 0.400. The average Bonchev–Trinajstić information content (AvgIpc) is 3.12. The van der Waals surface area contributed by atoms with Crippen LogP contribution in [0.5, 0.6) is 0 Å². The van der Waals surface area contributed by atoms with Crippen molar-refractivity contribution in [3.63, 3.8) is 0 Å². The summed E-state index contributed by atoms with van der Waals surface area (Å²) in [5, 5.41) is 14.3. The summed E-state index contributed by atoms with van der Waals surface area (Å²) in [4.78, 5) is 36.4. The van der Waals surface area contributed by atoms with Crippen LogP contribution in [0.25, 0.3) is 11.1 Å². The predicted molar refractivity (Wildman–Crippen MR) is 121 cm³/mol. The van der Waals surface area contributed by atoms with E-state index < -0.39 is 30.1 Å². The maximum atomic E-state index is 12.6. The minimum absolute atomic E-state index is 0.0763. The van der Waals surface area contributed by atoms with Crippen LogP contribution in [-0.4, -0.2) is 41.8 Å². The van der Waals surface area contributed by atoms with Crippen molar-refractivity contribution in [1.82, 2.24) is 10.6 Å². The summed E-state index contributed by atoms with van der Waals surface area (Å²) in [5.41, 5.74) is 4.48. The minimum Gasteiger partial charge on any atom is -0.480 e. The molecule has 0 heterocycles. The summed E-state index contributed by atoms with van der Waals surface area (Å²) in [7, 11) is 0. The molecule has 0 saturated carbocycles. The van der Waals surface area contributed by atoms with E-state index in [0.29, 0.717) is 12.8 Å². The van der Waals surface area contributed by atoms with Gasteiger partial charge >= 0.3 is 12.1 Å². The van der Waals surface area contributed by atoms with Gasteiger partial charge in [0.2, 0.25) is 5.91 Å². The highest BCUT2D eigenvalue weighted by Crippen LogP contribution is 2.44. The number of carbonyl (C=O) groups excluding carboxylic acids is 2. The van der Waals surface area contributed by atoms with Gasteiger partial charge in [-0.3, -0.25) is 4.79 Å². The maximum absolute atomic E-state index is 12.6. The van der Waals surface area contributed by atoms with Crippen molar-refractivity contribution < 1.29 is 24.2 Å². The first kappa shape index (κ1) is 23.3. The SMILES string of the molecule is CCCC[C@H](NC(=O)OCC1c2ccccc2-c2ccccc21)C(=O)NC(CC)C(=O)O. The number of amides is 2. The van der Waals surface area contributed by atoms with Crippen LogP contribution in [0.4, 0.5) is 4.79 Å². The molecule has 0 bridgehead atoms. The monoisotopic (exact) mass is 438 g/mol. The third-order valence-electron chi connectivity index (χ3n) is 5.82. The second kappa shape index (κ2) is 10.8. The molecule has 2 aromatic rings. The van der Waals surface area contributed by atoms with Crippen molar-refractivity contribution in [3.8, 4) is 11.1 Å². The Hall–Kier alpha value is -3.35. The van der Waals surface area contributed by atoms with Gasteiger partial charge in [-0.1, -0.05) is 75.2 Å². The lowest BCUT2D eigenvalue weighted by molar-refractivity contribution is -0.142. The van der Waals surface area contributed by atoms with Crippen LogP contribution in [0.2, 0.25) is 0 Å². The topological polar surface area (TPSA) is 105 Å². The Bertz CT molecular complexity index is 929. The summed E-state index contributed by atoms with van der Waals surface area (Å²) < 4.78 is 5.53. The van der Waals surface area contributed by atoms with Crippen LogP contribution in [-0.2, 0) is 14.3 Å². The smallest absolute Gasteiger partial charge is 0.407 e. The number of fused-ring (bicyclic) bond motifs is 3. The largest absolute Gasteiger partial charge is 0.480 e. The summed E-state index contributed by atoms with van der Waals surface area (Å²) in [6.07, 6.45) is 1.53. The van der Waals surface area contributed by atoms with Crippen LogP contribution in [0.3, 0.4) is 0 Å². The molecule has 2 atom stereocenters. The Kier molecular flexibility index (Phi) is 7.87. The molecule has 1 aliphatic carbocycles. The lowest BCUT2D eigenvalue weighted by atomic mass is 9.98. The van der Waals surface area contributed by atoms with Gasteiger partial charge in [0.1, 0.15) is 18.7 Å². The number of unbranched alkanes of at least 4 members (excludes halogenated alkanes) is 1. The molecule has 3 N–H and O–H groups in total. The molecule has 0 aromatic heterocycles. The number of carboxylic acids is 1. The highest BCUT2D eigenvalue weighted by molar-refractivity contribution is 5.89. The van der Waals surface area contributed by atoms with Gasteiger partial charge in [0.15, 0.2) is 0 Å². The molecule has 0 fully saturated rings. The van der Waals surface area contributed by atoms with E-state index in [2.05, 4.69) is 22.8 Å². The van der Waals surface area contributed by atoms with Gasteiger partial charge in [0, 0.05) is 5.92 Å². The van der Waals surface area contributed by atoms with Crippen molar-refractivity contribution in [1.29, 1.82) is 0 Å². The van der Waals surface area contributed by atoms with E-state index in [1.165, 1.54) is 0 Å². The molecule has 2 amide bonds. The van der Waals surface area contributed by atoms with Crippen LogP contribution >= 0.6 is 0 Å². The second-order valence-electron chi connectivity index (χ2n) is 7.97. The summed E-state index contributed by atoms with van der Waals surface area (Å²) in [6.45, 7) is 3.81. The Balaban J connectivity index is 1.65. The molecule has 0 aliphatic heterocycles. The third-order valence-corrected chi connectivity index (χ3v) is 5.82. The normalized spacial score (nSPS) is 14.1. The van der Waals surface area contributed by atoms with Crippen LogP contribution in [0.1, 0.15) is 56.6 Å². The van der Waals surface area contributed by atoms with Gasteiger partial charge < -0.3 is 20.5 Å². The quantitative estimate of drug-likeness (QED) is 0.519. The van der Waals surface area contributed by atoms with Gasteiger partial charge in [-0.2, -0.15) is 0 Å². The average molecular weight is 439 g/mol. The molecule has 2 aromatic carbocycles. The minimum atomic E-state index is -1.10. The van der Waals surface area contributed by atoms with Crippen LogP contribution in [0.15, 0.2) is 48.5 Å². The highest BCUT2D eigenvalue weighted by atomic mass is 16.5. The molecule has 32 heavy (non-hydrogen) atoms. The summed E-state index contributed by atoms with van der Waals surface area (Å²) >= 11 is 0. The van der Waals surface area contributed by atoms with Crippen LogP contribution < -0.4 is 10.6 Å². The Morgan fingerprint density at radius 1 is 0.938 bits per heavy atom. The molecule has 1 unspecified atom stereocenters. The van der Waals surface area contributed by atoms with E-state index in [9.17, 15) is 19.5 Å². The first-order valence-electron chi connectivity index (χ1n) is 11.1. The molecule has 170 valence electrons. The number of hydrogen-bond donors (Lipinski definition) is 3. The zero-order valence-corrected chi connectivity index (χ0v) is 18.5. The fourth-order valence-corrected chi connectivity index (χ4v) is 4.07. The molecule has 0 radical (unpaired) electrons. The Morgan fingerprint density at radius 3 is 2.06 bits per heavy atom. The molecule has 3 rings (SSSR count). The number of ether oxygens (including phenoxy) is 1. The van der Waals surface area contributed by atoms with Gasteiger partial charge in [-0.25, -0.2) is 9.59 Å². The van der Waals surface area contributed by atoms with E-state index >= 15 is 0 Å². The lowest BCUT2D eigenvalue weighted by Crippen LogP contribution is -2.51. The van der Waals surface area contributed by atoms with Crippen molar-refractivity contribution in [2.75, 3.05) is 6.61 Å². The molecule has 7 heteroatoms. The second-order valence-corrected chi connectivity index (χ2v) is 7.97. The first-order valence-corrected chi connectivity index (χ1v) is 11.1. The predicted octanol–water partition coefficient (Wildman–Crippen LogP) is 4.06. The molecule has 7 nitrogen and oxygen atoms in total. The number of benzene rings is 2. The van der Waals surface area contributed by atoms with Gasteiger partial charge in [-0.15, -0.1) is 0 Å². The molecular formula is C25H30N2O5.